The molecule has 1 aromatic carbocycles. The molecule has 0 bridgehead atoms. The number of aryl methyl sites for hydroxylation is 2. The van der Waals surface area contributed by atoms with Crippen LogP contribution in [-0.2, 0) is 16.6 Å². The molecule has 1 heterocycles. The van der Waals surface area contributed by atoms with Crippen LogP contribution in [0.1, 0.15) is 28.7 Å². The molecule has 2 N–H and O–H groups in total. The molecule has 0 saturated carbocycles. The van der Waals surface area contributed by atoms with Gasteiger partial charge in [0.05, 0.1) is 17.1 Å². The van der Waals surface area contributed by atoms with Gasteiger partial charge in [0, 0.05) is 7.05 Å². The molecular weight excluding hydrogens is 298 g/mol. The van der Waals surface area contributed by atoms with Crippen molar-refractivity contribution in [2.75, 3.05) is 5.32 Å². The van der Waals surface area contributed by atoms with Crippen LogP contribution < -0.4 is 5.32 Å². The van der Waals surface area contributed by atoms with Crippen LogP contribution in [0, 0.1) is 13.8 Å². The lowest BCUT2D eigenvalue weighted by Gasteiger charge is -2.14. The molecule has 2 aromatic rings. The van der Waals surface area contributed by atoms with E-state index in [9.17, 15) is 14.7 Å². The molecule has 0 saturated heterocycles. The summed E-state index contributed by atoms with van der Waals surface area (Å²) in [5.41, 5.74) is 2.09. The van der Waals surface area contributed by atoms with Crippen LogP contribution in [0.4, 0.5) is 5.69 Å². The van der Waals surface area contributed by atoms with E-state index in [0.29, 0.717) is 11.4 Å². The summed E-state index contributed by atoms with van der Waals surface area (Å²) < 4.78 is 6.76. The smallest absolute Gasteiger partial charge is 0.342 e. The van der Waals surface area contributed by atoms with Crippen molar-refractivity contribution in [3.63, 3.8) is 0 Å². The van der Waals surface area contributed by atoms with Gasteiger partial charge in [0.1, 0.15) is 11.3 Å². The third kappa shape index (κ3) is 3.50. The fourth-order valence-corrected chi connectivity index (χ4v) is 2.10. The molecule has 0 aliphatic rings. The summed E-state index contributed by atoms with van der Waals surface area (Å²) in [5.74, 6) is -1.41. The number of amides is 1. The summed E-state index contributed by atoms with van der Waals surface area (Å²) in [7, 11) is 1.78. The molecule has 0 fully saturated rings. The van der Waals surface area contributed by atoms with Crippen LogP contribution in [0.15, 0.2) is 24.3 Å². The van der Waals surface area contributed by atoms with E-state index in [1.54, 1.807) is 30.8 Å². The number of carbonyl (C=O) groups is 2. The second kappa shape index (κ2) is 6.51. The first kappa shape index (κ1) is 16.5. The quantitative estimate of drug-likeness (QED) is 0.840. The number of esters is 1. The van der Waals surface area contributed by atoms with Crippen LogP contribution >= 0.6 is 0 Å². The fraction of sp³-hybridized carbons (Fsp3) is 0.312. The number of aromatic hydroxyl groups is 1. The average molecular weight is 317 g/mol. The second-order valence-electron chi connectivity index (χ2n) is 5.22. The van der Waals surface area contributed by atoms with Gasteiger partial charge in [-0.3, -0.25) is 9.48 Å². The zero-order valence-electron chi connectivity index (χ0n) is 13.5. The monoisotopic (exact) mass is 317 g/mol. The Hall–Kier alpha value is -2.83. The Morgan fingerprint density at radius 1 is 1.30 bits per heavy atom. The Morgan fingerprint density at radius 3 is 2.52 bits per heavy atom. The zero-order valence-corrected chi connectivity index (χ0v) is 13.5. The molecule has 1 aromatic heterocycles. The number of phenolic OH excluding ortho intramolecular Hbond substituents is 1. The van der Waals surface area contributed by atoms with Gasteiger partial charge < -0.3 is 15.2 Å². The van der Waals surface area contributed by atoms with Crippen molar-refractivity contribution in [1.82, 2.24) is 9.78 Å². The van der Waals surface area contributed by atoms with Gasteiger partial charge >= 0.3 is 5.97 Å². The number of para-hydroxylation sites is 1. The highest BCUT2D eigenvalue weighted by atomic mass is 16.5. The van der Waals surface area contributed by atoms with Gasteiger partial charge in [-0.2, -0.15) is 5.10 Å². The zero-order chi connectivity index (χ0) is 17.1. The number of nitrogens with zero attached hydrogens (tertiary/aromatic N) is 2. The van der Waals surface area contributed by atoms with Gasteiger partial charge in [-0.05, 0) is 32.9 Å². The normalized spacial score (nSPS) is 11.8. The van der Waals surface area contributed by atoms with E-state index in [4.69, 9.17) is 4.74 Å². The van der Waals surface area contributed by atoms with Crippen LogP contribution in [0.3, 0.4) is 0 Å². The summed E-state index contributed by atoms with van der Waals surface area (Å²) in [6.07, 6.45) is -1.01. The molecule has 7 nitrogen and oxygen atoms in total. The predicted octanol–water partition coefficient (Wildman–Crippen LogP) is 1.93. The van der Waals surface area contributed by atoms with Crippen molar-refractivity contribution in [3.05, 3.63) is 41.2 Å². The number of hydrogen-bond acceptors (Lipinski definition) is 5. The fourth-order valence-electron chi connectivity index (χ4n) is 2.10. The minimum absolute atomic E-state index is 0.0147. The maximum absolute atomic E-state index is 12.2. The lowest BCUT2D eigenvalue weighted by atomic mass is 10.2. The standard InChI is InChI=1S/C16H19N3O4/c1-9-14(10(2)19(4)18-9)17-15(21)11(3)23-16(22)12-7-5-6-8-13(12)20/h5-8,11,20H,1-4H3,(H,17,21)/t11-/m1/s1. The number of ether oxygens (including phenoxy) is 1. The number of anilines is 1. The SMILES string of the molecule is Cc1nn(C)c(C)c1NC(=O)[C@@H](C)OC(=O)c1ccccc1O. The largest absolute Gasteiger partial charge is 0.507 e. The first-order valence-electron chi connectivity index (χ1n) is 7.11. The maximum atomic E-state index is 12.2. The van der Waals surface area contributed by atoms with Gasteiger partial charge in [0.2, 0.25) is 0 Å². The third-order valence-corrected chi connectivity index (χ3v) is 3.53. The van der Waals surface area contributed by atoms with E-state index in [-0.39, 0.29) is 11.3 Å². The number of rotatable bonds is 4. The van der Waals surface area contributed by atoms with Crippen molar-refractivity contribution in [1.29, 1.82) is 0 Å². The van der Waals surface area contributed by atoms with E-state index >= 15 is 0 Å². The van der Waals surface area contributed by atoms with Crippen LogP contribution in [0.25, 0.3) is 0 Å². The Balaban J connectivity index is 2.06. The maximum Gasteiger partial charge on any atom is 0.342 e. The first-order chi connectivity index (χ1) is 10.8. The summed E-state index contributed by atoms with van der Waals surface area (Å²) >= 11 is 0. The number of phenols is 1. The lowest BCUT2D eigenvalue weighted by molar-refractivity contribution is -0.123. The highest BCUT2D eigenvalue weighted by Crippen LogP contribution is 2.20. The average Bonchev–Trinajstić information content (AvgIpc) is 2.73. The van der Waals surface area contributed by atoms with Crippen molar-refractivity contribution >= 4 is 17.6 Å². The van der Waals surface area contributed by atoms with E-state index in [2.05, 4.69) is 10.4 Å². The van der Waals surface area contributed by atoms with E-state index in [1.807, 2.05) is 6.92 Å². The number of aromatic nitrogens is 2. The van der Waals surface area contributed by atoms with Crippen molar-refractivity contribution in [2.45, 2.75) is 26.9 Å². The molecular formula is C16H19N3O4. The number of benzene rings is 1. The van der Waals surface area contributed by atoms with Crippen LogP contribution in [0.5, 0.6) is 5.75 Å². The number of nitrogens with one attached hydrogen (secondary N) is 1. The summed E-state index contributed by atoms with van der Waals surface area (Å²) in [4.78, 5) is 24.2. The molecule has 7 heteroatoms. The minimum Gasteiger partial charge on any atom is -0.507 e. The molecule has 2 rings (SSSR count). The molecule has 0 aliphatic heterocycles. The van der Waals surface area contributed by atoms with E-state index < -0.39 is 18.0 Å². The molecule has 1 amide bonds. The van der Waals surface area contributed by atoms with Gasteiger partial charge in [0.15, 0.2) is 6.10 Å². The highest BCUT2D eigenvalue weighted by molar-refractivity contribution is 5.98. The first-order valence-corrected chi connectivity index (χ1v) is 7.11. The van der Waals surface area contributed by atoms with Crippen LogP contribution in [0.2, 0.25) is 0 Å². The van der Waals surface area contributed by atoms with Gasteiger partial charge in [-0.1, -0.05) is 12.1 Å². The van der Waals surface area contributed by atoms with Gasteiger partial charge in [-0.25, -0.2) is 4.79 Å². The molecule has 0 unspecified atom stereocenters. The minimum atomic E-state index is -1.01. The summed E-state index contributed by atoms with van der Waals surface area (Å²) in [5, 5.41) is 16.5. The van der Waals surface area contributed by atoms with Crippen molar-refractivity contribution < 1.29 is 19.4 Å². The molecule has 0 spiro atoms. The topological polar surface area (TPSA) is 93.5 Å². The van der Waals surface area contributed by atoms with E-state index in [0.717, 1.165) is 5.69 Å². The second-order valence-corrected chi connectivity index (χ2v) is 5.22. The van der Waals surface area contributed by atoms with E-state index in [1.165, 1.54) is 19.1 Å². The summed E-state index contributed by atoms with van der Waals surface area (Å²) in [6, 6.07) is 6.00. The Labute approximate surface area is 133 Å². The molecule has 0 radical (unpaired) electrons. The van der Waals surface area contributed by atoms with Crippen LogP contribution in [-0.4, -0.2) is 32.9 Å². The Bertz CT molecular complexity index is 752. The molecule has 0 aliphatic carbocycles. The van der Waals surface area contributed by atoms with Gasteiger partial charge in [0.25, 0.3) is 5.91 Å². The molecule has 122 valence electrons. The lowest BCUT2D eigenvalue weighted by Crippen LogP contribution is -2.30. The van der Waals surface area contributed by atoms with Gasteiger partial charge in [-0.15, -0.1) is 0 Å². The molecule has 1 atom stereocenters. The predicted molar refractivity (Wildman–Crippen MR) is 84.3 cm³/mol. The number of hydrogen-bond donors (Lipinski definition) is 2. The summed E-state index contributed by atoms with van der Waals surface area (Å²) in [6.45, 7) is 5.07. The van der Waals surface area contributed by atoms with Crippen molar-refractivity contribution in [3.8, 4) is 5.75 Å². The van der Waals surface area contributed by atoms with Crippen molar-refractivity contribution in [2.24, 2.45) is 7.05 Å². The third-order valence-electron chi connectivity index (χ3n) is 3.53. The highest BCUT2D eigenvalue weighted by Gasteiger charge is 2.22. The number of carbonyl (C=O) groups excluding carboxylic acids is 2. The Kier molecular flexibility index (Phi) is 4.68. The molecule has 23 heavy (non-hydrogen) atoms. The Morgan fingerprint density at radius 2 is 1.96 bits per heavy atom.